The zero-order valence-corrected chi connectivity index (χ0v) is 19.9. The van der Waals surface area contributed by atoms with Crippen LogP contribution in [-0.2, 0) is 9.59 Å². The first-order valence-electron chi connectivity index (χ1n) is 12.6. The first-order chi connectivity index (χ1) is 14.3. The van der Waals surface area contributed by atoms with Gasteiger partial charge in [-0.05, 0) is 69.2 Å². The van der Waals surface area contributed by atoms with Crippen molar-refractivity contribution in [2.45, 2.75) is 72.6 Å². The number of carbonyl (C=O) groups is 2. The largest absolute Gasteiger partial charge is 0.342 e. The van der Waals surface area contributed by atoms with Crippen LogP contribution in [0.2, 0.25) is 0 Å². The Morgan fingerprint density at radius 1 is 0.767 bits per heavy atom. The first-order valence-corrected chi connectivity index (χ1v) is 12.6. The molecule has 2 saturated heterocycles. The van der Waals surface area contributed by atoms with Crippen LogP contribution in [0.5, 0.6) is 0 Å². The molecule has 0 aromatic rings. The van der Waals surface area contributed by atoms with Gasteiger partial charge in [0.15, 0.2) is 0 Å². The van der Waals surface area contributed by atoms with E-state index >= 15 is 0 Å². The van der Waals surface area contributed by atoms with E-state index < -0.39 is 0 Å². The van der Waals surface area contributed by atoms with Crippen LogP contribution in [0.3, 0.4) is 0 Å². The number of piperidine rings is 1. The Balaban J connectivity index is 1.32. The van der Waals surface area contributed by atoms with Crippen LogP contribution in [-0.4, -0.2) is 72.3 Å². The Morgan fingerprint density at radius 3 is 1.90 bits per heavy atom. The van der Waals surface area contributed by atoms with Crippen LogP contribution in [0.1, 0.15) is 72.6 Å². The van der Waals surface area contributed by atoms with E-state index in [1.54, 1.807) is 0 Å². The Kier molecular flexibility index (Phi) is 8.62. The molecule has 5 heteroatoms. The lowest BCUT2D eigenvalue weighted by molar-refractivity contribution is -0.139. The molecule has 0 aromatic heterocycles. The molecule has 2 amide bonds. The molecule has 0 aromatic carbocycles. The molecule has 3 aliphatic rings. The molecule has 172 valence electrons. The number of rotatable bonds is 6. The van der Waals surface area contributed by atoms with Gasteiger partial charge in [0.25, 0.3) is 0 Å². The molecule has 5 nitrogen and oxygen atoms in total. The third-order valence-corrected chi connectivity index (χ3v) is 8.02. The summed E-state index contributed by atoms with van der Waals surface area (Å²) in [5, 5.41) is 0. The Morgan fingerprint density at radius 2 is 1.37 bits per heavy atom. The molecule has 2 aliphatic heterocycles. The van der Waals surface area contributed by atoms with Crippen molar-refractivity contribution in [3.63, 3.8) is 0 Å². The summed E-state index contributed by atoms with van der Waals surface area (Å²) in [6.45, 7) is 15.5. The van der Waals surface area contributed by atoms with E-state index in [0.717, 1.165) is 89.3 Å². The smallest absolute Gasteiger partial charge is 0.225 e. The fraction of sp³-hybridized carbons (Fsp3) is 0.920. The maximum Gasteiger partial charge on any atom is 0.225 e. The molecule has 1 aliphatic carbocycles. The molecule has 0 N–H and O–H groups in total. The molecule has 0 bridgehead atoms. The summed E-state index contributed by atoms with van der Waals surface area (Å²) in [6, 6.07) is 0. The van der Waals surface area contributed by atoms with Gasteiger partial charge >= 0.3 is 0 Å². The van der Waals surface area contributed by atoms with Crippen molar-refractivity contribution in [2.75, 3.05) is 45.8 Å². The van der Waals surface area contributed by atoms with Crippen LogP contribution >= 0.6 is 0 Å². The van der Waals surface area contributed by atoms with Gasteiger partial charge in [-0.1, -0.05) is 27.7 Å². The van der Waals surface area contributed by atoms with Gasteiger partial charge in [-0.2, -0.15) is 0 Å². The quantitative estimate of drug-likeness (QED) is 0.656. The summed E-state index contributed by atoms with van der Waals surface area (Å²) in [5.74, 6) is 3.47. The molecule has 3 fully saturated rings. The predicted molar refractivity (Wildman–Crippen MR) is 122 cm³/mol. The fourth-order valence-corrected chi connectivity index (χ4v) is 5.66. The normalized spacial score (nSPS) is 27.1. The van der Waals surface area contributed by atoms with Crippen LogP contribution in [0.15, 0.2) is 0 Å². The predicted octanol–water partition coefficient (Wildman–Crippen LogP) is 3.88. The van der Waals surface area contributed by atoms with Gasteiger partial charge in [-0.3, -0.25) is 14.5 Å². The molecule has 0 spiro atoms. The van der Waals surface area contributed by atoms with Gasteiger partial charge in [0, 0.05) is 51.1 Å². The van der Waals surface area contributed by atoms with E-state index in [1.165, 1.54) is 19.3 Å². The van der Waals surface area contributed by atoms with E-state index in [1.807, 2.05) is 13.8 Å². The van der Waals surface area contributed by atoms with Crippen molar-refractivity contribution >= 4 is 11.8 Å². The molecular formula is C25H45N3O2. The number of likely N-dealkylation sites (tertiary alicyclic amines) is 1. The van der Waals surface area contributed by atoms with Crippen molar-refractivity contribution in [3.8, 4) is 0 Å². The molecular weight excluding hydrogens is 374 g/mol. The summed E-state index contributed by atoms with van der Waals surface area (Å²) < 4.78 is 0. The second-order valence-electron chi connectivity index (χ2n) is 10.7. The average Bonchev–Trinajstić information content (AvgIpc) is 2.77. The minimum atomic E-state index is 0.116. The fourth-order valence-electron chi connectivity index (χ4n) is 5.66. The van der Waals surface area contributed by atoms with Crippen LogP contribution in [0.25, 0.3) is 0 Å². The second-order valence-corrected chi connectivity index (χ2v) is 10.7. The lowest BCUT2D eigenvalue weighted by Gasteiger charge is -2.39. The Labute approximate surface area is 184 Å². The maximum atomic E-state index is 13.0. The van der Waals surface area contributed by atoms with Crippen molar-refractivity contribution in [2.24, 2.45) is 29.6 Å². The summed E-state index contributed by atoms with van der Waals surface area (Å²) in [5.41, 5.74) is 0. The first kappa shape index (κ1) is 23.6. The van der Waals surface area contributed by atoms with Gasteiger partial charge in [-0.15, -0.1) is 0 Å². The standard InChI is InChI=1S/C25H45N3O2/c1-19(2)22-5-7-23(8-6-22)25(30)28-17-15-26(16-18-28)12-9-21-10-13-27(14-11-21)24(29)20(3)4/h19-23H,5-18H2,1-4H3. The zero-order valence-electron chi connectivity index (χ0n) is 19.9. The highest BCUT2D eigenvalue weighted by molar-refractivity contribution is 5.79. The molecule has 2 heterocycles. The van der Waals surface area contributed by atoms with Crippen molar-refractivity contribution < 1.29 is 9.59 Å². The highest BCUT2D eigenvalue weighted by atomic mass is 16.2. The number of carbonyl (C=O) groups excluding carboxylic acids is 2. The van der Waals surface area contributed by atoms with Crippen molar-refractivity contribution in [1.82, 2.24) is 14.7 Å². The highest BCUT2D eigenvalue weighted by Crippen LogP contribution is 2.34. The summed E-state index contributed by atoms with van der Waals surface area (Å²) in [6.07, 6.45) is 8.19. The highest BCUT2D eigenvalue weighted by Gasteiger charge is 2.32. The minimum absolute atomic E-state index is 0.116. The van der Waals surface area contributed by atoms with Gasteiger partial charge < -0.3 is 9.80 Å². The number of nitrogens with zero attached hydrogens (tertiary/aromatic N) is 3. The molecule has 30 heavy (non-hydrogen) atoms. The Bertz CT molecular complexity index is 553. The summed E-state index contributed by atoms with van der Waals surface area (Å²) in [7, 11) is 0. The van der Waals surface area contributed by atoms with E-state index in [0.29, 0.717) is 11.8 Å². The number of amides is 2. The second kappa shape index (κ2) is 11.0. The van der Waals surface area contributed by atoms with E-state index in [-0.39, 0.29) is 11.8 Å². The third kappa shape index (κ3) is 6.21. The van der Waals surface area contributed by atoms with E-state index in [9.17, 15) is 9.59 Å². The molecule has 0 radical (unpaired) electrons. The minimum Gasteiger partial charge on any atom is -0.342 e. The van der Waals surface area contributed by atoms with Crippen LogP contribution in [0.4, 0.5) is 0 Å². The van der Waals surface area contributed by atoms with E-state index in [4.69, 9.17) is 0 Å². The van der Waals surface area contributed by atoms with Gasteiger partial charge in [0.2, 0.25) is 11.8 Å². The summed E-state index contributed by atoms with van der Waals surface area (Å²) in [4.78, 5) is 31.8. The summed E-state index contributed by atoms with van der Waals surface area (Å²) >= 11 is 0. The van der Waals surface area contributed by atoms with Gasteiger partial charge in [0.05, 0.1) is 0 Å². The molecule has 0 unspecified atom stereocenters. The van der Waals surface area contributed by atoms with Crippen molar-refractivity contribution in [1.29, 1.82) is 0 Å². The SMILES string of the molecule is CC(C)C(=O)N1CCC(CCN2CCN(C(=O)C3CCC(C(C)C)CC3)CC2)CC1. The average molecular weight is 420 g/mol. The molecule has 1 saturated carbocycles. The van der Waals surface area contributed by atoms with Crippen LogP contribution < -0.4 is 0 Å². The monoisotopic (exact) mass is 419 g/mol. The van der Waals surface area contributed by atoms with E-state index in [2.05, 4.69) is 28.5 Å². The molecule has 0 atom stereocenters. The topological polar surface area (TPSA) is 43.9 Å². The lowest BCUT2D eigenvalue weighted by atomic mass is 9.76. The van der Waals surface area contributed by atoms with Gasteiger partial charge in [-0.25, -0.2) is 0 Å². The number of piperazine rings is 1. The lowest BCUT2D eigenvalue weighted by Crippen LogP contribution is -2.51. The van der Waals surface area contributed by atoms with Gasteiger partial charge in [0.1, 0.15) is 0 Å². The number of hydrogen-bond acceptors (Lipinski definition) is 3. The third-order valence-electron chi connectivity index (χ3n) is 8.02. The number of hydrogen-bond donors (Lipinski definition) is 0. The zero-order chi connectivity index (χ0) is 21.7. The maximum absolute atomic E-state index is 13.0. The van der Waals surface area contributed by atoms with Crippen LogP contribution in [0, 0.1) is 29.6 Å². The Hall–Kier alpha value is -1.10. The molecule has 3 rings (SSSR count). The van der Waals surface area contributed by atoms with Crippen molar-refractivity contribution in [3.05, 3.63) is 0 Å².